The van der Waals surface area contributed by atoms with Crippen LogP contribution in [-0.4, -0.2) is 35.2 Å². The van der Waals surface area contributed by atoms with E-state index in [0.29, 0.717) is 0 Å². The van der Waals surface area contributed by atoms with Gasteiger partial charge in [0.05, 0.1) is 12.9 Å². The second-order valence-electron chi connectivity index (χ2n) is 8.24. The van der Waals surface area contributed by atoms with E-state index in [9.17, 15) is 4.79 Å². The van der Waals surface area contributed by atoms with Crippen LogP contribution in [0.25, 0.3) is 0 Å². The molecule has 0 rings (SSSR count). The molecular weight excluding hydrogens is 294 g/mol. The SMILES string of the molecule is CC(C)N(C(=O)S[C@H](C#CC(C)(C)C)[Si](C)(C)C)C(C)C. The molecule has 0 aromatic rings. The lowest BCUT2D eigenvalue weighted by atomic mass is 9.98. The highest BCUT2D eigenvalue weighted by Crippen LogP contribution is 2.27. The molecule has 122 valence electrons. The van der Waals surface area contributed by atoms with Gasteiger partial charge in [0.15, 0.2) is 0 Å². The third kappa shape index (κ3) is 7.97. The van der Waals surface area contributed by atoms with Gasteiger partial charge in [-0.2, -0.15) is 0 Å². The van der Waals surface area contributed by atoms with E-state index in [2.05, 4.69) is 79.9 Å². The normalized spacial score (nSPS) is 13.9. The number of hydrogen-bond donors (Lipinski definition) is 0. The highest BCUT2D eigenvalue weighted by molar-refractivity contribution is 8.15. The molecule has 1 atom stereocenters. The fraction of sp³-hybridized carbons (Fsp3) is 0.824. The van der Waals surface area contributed by atoms with Gasteiger partial charge in [-0.15, -0.1) is 0 Å². The van der Waals surface area contributed by atoms with Crippen LogP contribution < -0.4 is 0 Å². The average molecular weight is 328 g/mol. The minimum absolute atomic E-state index is 0.0166. The van der Waals surface area contributed by atoms with Gasteiger partial charge in [-0.1, -0.05) is 43.2 Å². The Labute approximate surface area is 137 Å². The van der Waals surface area contributed by atoms with Crippen molar-refractivity contribution < 1.29 is 4.79 Å². The van der Waals surface area contributed by atoms with Crippen LogP contribution in [-0.2, 0) is 0 Å². The predicted octanol–water partition coefficient (Wildman–Crippen LogP) is 5.25. The fourth-order valence-electron chi connectivity index (χ4n) is 1.88. The summed E-state index contributed by atoms with van der Waals surface area (Å²) < 4.78 is 0. The molecule has 0 aliphatic rings. The van der Waals surface area contributed by atoms with Crippen molar-refractivity contribution in [2.75, 3.05) is 0 Å². The third-order valence-corrected chi connectivity index (χ3v) is 7.87. The van der Waals surface area contributed by atoms with E-state index in [-0.39, 0.29) is 27.6 Å². The second-order valence-corrected chi connectivity index (χ2v) is 15.0. The topological polar surface area (TPSA) is 20.3 Å². The first-order chi connectivity index (χ1) is 9.25. The standard InChI is InChI=1S/C17H33NOSSi/c1-13(2)18(14(3)4)16(19)20-15(21(8,9)10)11-12-17(5,6)7/h13-15H,1-10H3/t15-/m0/s1. The first-order valence-corrected chi connectivity index (χ1v) is 12.2. The van der Waals surface area contributed by atoms with Gasteiger partial charge in [-0.25, -0.2) is 0 Å². The predicted molar refractivity (Wildman–Crippen MR) is 99.5 cm³/mol. The van der Waals surface area contributed by atoms with E-state index >= 15 is 0 Å². The second kappa shape index (κ2) is 7.74. The van der Waals surface area contributed by atoms with E-state index in [1.807, 2.05) is 4.90 Å². The van der Waals surface area contributed by atoms with Crippen LogP contribution in [0.3, 0.4) is 0 Å². The smallest absolute Gasteiger partial charge is 0.283 e. The number of nitrogens with zero attached hydrogens (tertiary/aromatic N) is 1. The molecule has 0 fully saturated rings. The van der Waals surface area contributed by atoms with Crippen LogP contribution in [0.2, 0.25) is 19.6 Å². The van der Waals surface area contributed by atoms with Gasteiger partial charge >= 0.3 is 0 Å². The Morgan fingerprint density at radius 2 is 1.48 bits per heavy atom. The lowest BCUT2D eigenvalue weighted by Gasteiger charge is -2.33. The highest BCUT2D eigenvalue weighted by Gasteiger charge is 2.31. The molecule has 1 amide bonds. The minimum Gasteiger partial charge on any atom is -0.329 e. The van der Waals surface area contributed by atoms with E-state index in [1.54, 1.807) is 0 Å². The Morgan fingerprint density at radius 3 is 1.76 bits per heavy atom. The molecule has 0 aliphatic carbocycles. The van der Waals surface area contributed by atoms with Crippen LogP contribution in [0.4, 0.5) is 4.79 Å². The van der Waals surface area contributed by atoms with Crippen LogP contribution >= 0.6 is 11.8 Å². The maximum absolute atomic E-state index is 12.7. The molecule has 0 aromatic heterocycles. The molecule has 0 spiro atoms. The molecule has 0 heterocycles. The summed E-state index contributed by atoms with van der Waals surface area (Å²) in [4.78, 5) is 14.7. The fourth-order valence-corrected chi connectivity index (χ4v) is 4.97. The van der Waals surface area contributed by atoms with Gasteiger partial charge in [0, 0.05) is 17.5 Å². The molecule has 0 N–H and O–H groups in total. The summed E-state index contributed by atoms with van der Waals surface area (Å²) >= 11 is 1.43. The summed E-state index contributed by atoms with van der Waals surface area (Å²) in [7, 11) is -1.52. The summed E-state index contributed by atoms with van der Waals surface area (Å²) in [6.45, 7) is 21.5. The Morgan fingerprint density at radius 1 is 1.05 bits per heavy atom. The third-order valence-electron chi connectivity index (χ3n) is 2.91. The van der Waals surface area contributed by atoms with Gasteiger partial charge in [0.25, 0.3) is 5.24 Å². The Balaban J connectivity index is 5.23. The number of carbonyl (C=O) groups excluding carboxylic acids is 1. The molecule has 0 radical (unpaired) electrons. The first-order valence-electron chi connectivity index (χ1n) is 7.77. The van der Waals surface area contributed by atoms with Crippen molar-refractivity contribution >= 4 is 25.1 Å². The van der Waals surface area contributed by atoms with Gasteiger partial charge in [0.2, 0.25) is 0 Å². The maximum atomic E-state index is 12.7. The molecule has 0 bridgehead atoms. The van der Waals surface area contributed by atoms with E-state index in [1.165, 1.54) is 11.8 Å². The monoisotopic (exact) mass is 327 g/mol. The van der Waals surface area contributed by atoms with Crippen molar-refractivity contribution in [3.63, 3.8) is 0 Å². The average Bonchev–Trinajstić information content (AvgIpc) is 2.19. The molecule has 21 heavy (non-hydrogen) atoms. The number of rotatable bonds is 4. The zero-order valence-electron chi connectivity index (χ0n) is 15.5. The summed E-state index contributed by atoms with van der Waals surface area (Å²) in [6, 6.07) is 0.450. The maximum Gasteiger partial charge on any atom is 0.283 e. The molecule has 2 nitrogen and oxygen atoms in total. The summed E-state index contributed by atoms with van der Waals surface area (Å²) in [5.74, 6) is 6.71. The van der Waals surface area contributed by atoms with E-state index in [0.717, 1.165) is 0 Å². The van der Waals surface area contributed by atoms with Crippen LogP contribution in [0.5, 0.6) is 0 Å². The van der Waals surface area contributed by atoms with Crippen molar-refractivity contribution in [3.05, 3.63) is 0 Å². The van der Waals surface area contributed by atoms with Crippen molar-refractivity contribution in [2.45, 2.75) is 85.1 Å². The minimum atomic E-state index is -1.52. The van der Waals surface area contributed by atoms with E-state index in [4.69, 9.17) is 0 Å². The van der Waals surface area contributed by atoms with Crippen molar-refractivity contribution in [1.82, 2.24) is 4.90 Å². The molecular formula is C17H33NOSSi. The molecule has 0 aromatic carbocycles. The van der Waals surface area contributed by atoms with Crippen molar-refractivity contribution in [1.29, 1.82) is 0 Å². The Hall–Kier alpha value is -0.403. The quantitative estimate of drug-likeness (QED) is 0.519. The largest absolute Gasteiger partial charge is 0.329 e. The molecule has 0 saturated carbocycles. The molecule has 4 heteroatoms. The van der Waals surface area contributed by atoms with Gasteiger partial charge < -0.3 is 4.90 Å². The van der Waals surface area contributed by atoms with Crippen LogP contribution in [0.1, 0.15) is 48.5 Å². The number of thioether (sulfide) groups is 1. The number of carbonyl (C=O) groups is 1. The Kier molecular flexibility index (Phi) is 7.59. The van der Waals surface area contributed by atoms with Crippen molar-refractivity contribution in [2.24, 2.45) is 5.41 Å². The zero-order valence-corrected chi connectivity index (χ0v) is 17.3. The molecule has 0 aliphatic heterocycles. The number of amides is 1. The summed E-state index contributed by atoms with van der Waals surface area (Å²) in [5, 5.41) is 0.163. The first kappa shape index (κ1) is 20.6. The van der Waals surface area contributed by atoms with Crippen molar-refractivity contribution in [3.8, 4) is 11.8 Å². The lowest BCUT2D eigenvalue weighted by molar-refractivity contribution is 0.190. The molecule has 0 saturated heterocycles. The summed E-state index contributed by atoms with van der Waals surface area (Å²) in [5.41, 5.74) is -0.0166. The highest BCUT2D eigenvalue weighted by atomic mass is 32.2. The lowest BCUT2D eigenvalue weighted by Crippen LogP contribution is -2.43. The summed E-state index contributed by atoms with van der Waals surface area (Å²) in [6.07, 6.45) is 0. The number of hydrogen-bond acceptors (Lipinski definition) is 2. The van der Waals surface area contributed by atoms with E-state index < -0.39 is 8.07 Å². The zero-order chi connectivity index (χ0) is 17.0. The Bertz CT molecular complexity index is 399. The van der Waals surface area contributed by atoms with Crippen LogP contribution in [0.15, 0.2) is 0 Å². The van der Waals surface area contributed by atoms with Gasteiger partial charge in [0.1, 0.15) is 0 Å². The van der Waals surface area contributed by atoms with Crippen LogP contribution in [0, 0.1) is 17.3 Å². The van der Waals surface area contributed by atoms with Gasteiger partial charge in [-0.3, -0.25) is 4.79 Å². The van der Waals surface area contributed by atoms with Gasteiger partial charge in [-0.05, 0) is 48.5 Å². The molecule has 0 unspecified atom stereocenters.